The van der Waals surface area contributed by atoms with Gasteiger partial charge in [-0.2, -0.15) is 4.98 Å². The molecule has 7 nitrogen and oxygen atoms in total. The van der Waals surface area contributed by atoms with Crippen LogP contribution in [0.1, 0.15) is 23.4 Å². The third-order valence-electron chi connectivity index (χ3n) is 2.41. The second kappa shape index (κ2) is 6.23. The standard InChI is InChI=1S/C12H11ClN2O5S/c1-2-19-12(16)11-14-10(15-20-11)7-21(17,18)9-5-3-8(13)4-6-9/h3-6H,2,7H2,1H3. The van der Waals surface area contributed by atoms with Crippen LogP contribution < -0.4 is 0 Å². The van der Waals surface area contributed by atoms with Crippen molar-refractivity contribution in [2.75, 3.05) is 6.61 Å². The molecule has 1 aromatic carbocycles. The Kier molecular flexibility index (Phi) is 4.59. The maximum atomic E-state index is 12.1. The number of carbonyl (C=O) groups is 1. The average molecular weight is 331 g/mol. The minimum atomic E-state index is -3.65. The molecule has 0 radical (unpaired) electrons. The van der Waals surface area contributed by atoms with Gasteiger partial charge in [0.15, 0.2) is 15.7 Å². The molecule has 0 unspecified atom stereocenters. The van der Waals surface area contributed by atoms with E-state index in [2.05, 4.69) is 19.4 Å². The summed E-state index contributed by atoms with van der Waals surface area (Å²) in [6.07, 6.45) is 0. The Balaban J connectivity index is 2.17. The van der Waals surface area contributed by atoms with Gasteiger partial charge in [0.05, 0.1) is 11.5 Å². The number of esters is 1. The molecule has 2 rings (SSSR count). The fourth-order valence-corrected chi connectivity index (χ4v) is 2.78. The fourth-order valence-electron chi connectivity index (χ4n) is 1.48. The van der Waals surface area contributed by atoms with Gasteiger partial charge in [0.2, 0.25) is 0 Å². The van der Waals surface area contributed by atoms with E-state index in [9.17, 15) is 13.2 Å². The van der Waals surface area contributed by atoms with Crippen molar-refractivity contribution in [2.45, 2.75) is 17.6 Å². The SMILES string of the molecule is CCOC(=O)c1nc(CS(=O)(=O)c2ccc(Cl)cc2)no1. The normalized spacial score (nSPS) is 11.3. The summed E-state index contributed by atoms with van der Waals surface area (Å²) in [7, 11) is -3.65. The van der Waals surface area contributed by atoms with Gasteiger partial charge in [0.25, 0.3) is 0 Å². The lowest BCUT2D eigenvalue weighted by atomic mass is 10.4. The van der Waals surface area contributed by atoms with Crippen LogP contribution in [0.2, 0.25) is 5.02 Å². The predicted octanol–water partition coefficient (Wildman–Crippen LogP) is 1.87. The average Bonchev–Trinajstić information content (AvgIpc) is 2.87. The quantitative estimate of drug-likeness (QED) is 0.771. The predicted molar refractivity (Wildman–Crippen MR) is 72.6 cm³/mol. The number of carbonyl (C=O) groups excluding carboxylic acids is 1. The van der Waals surface area contributed by atoms with Gasteiger partial charge in [0.1, 0.15) is 5.75 Å². The number of hydrogen-bond acceptors (Lipinski definition) is 7. The molecule has 0 aliphatic heterocycles. The van der Waals surface area contributed by atoms with Crippen molar-refractivity contribution in [3.8, 4) is 0 Å². The fraction of sp³-hybridized carbons (Fsp3) is 0.250. The summed E-state index contributed by atoms with van der Waals surface area (Å²) in [5, 5.41) is 3.88. The van der Waals surface area contributed by atoms with Crippen LogP contribution in [0.3, 0.4) is 0 Å². The summed E-state index contributed by atoms with van der Waals surface area (Å²) in [6, 6.07) is 5.69. The van der Waals surface area contributed by atoms with E-state index in [1.165, 1.54) is 24.3 Å². The molecule has 0 spiro atoms. The van der Waals surface area contributed by atoms with Gasteiger partial charge in [-0.1, -0.05) is 16.8 Å². The highest BCUT2D eigenvalue weighted by molar-refractivity contribution is 7.90. The molecular formula is C12H11ClN2O5S. The van der Waals surface area contributed by atoms with Crippen molar-refractivity contribution >= 4 is 27.4 Å². The number of halogens is 1. The molecular weight excluding hydrogens is 320 g/mol. The van der Waals surface area contributed by atoms with E-state index in [-0.39, 0.29) is 23.2 Å². The Morgan fingerprint density at radius 1 is 1.33 bits per heavy atom. The summed E-state index contributed by atoms with van der Waals surface area (Å²) in [6.45, 7) is 1.78. The van der Waals surface area contributed by atoms with E-state index in [4.69, 9.17) is 11.6 Å². The zero-order valence-corrected chi connectivity index (χ0v) is 12.5. The first-order valence-corrected chi connectivity index (χ1v) is 7.93. The lowest BCUT2D eigenvalue weighted by Crippen LogP contribution is -2.08. The van der Waals surface area contributed by atoms with Crippen molar-refractivity contribution in [1.82, 2.24) is 10.1 Å². The summed E-state index contributed by atoms with van der Waals surface area (Å²) in [5.74, 6) is -1.77. The molecule has 9 heteroatoms. The first-order chi connectivity index (χ1) is 9.92. The maximum Gasteiger partial charge on any atom is 0.397 e. The van der Waals surface area contributed by atoms with Crippen molar-refractivity contribution < 1.29 is 22.5 Å². The lowest BCUT2D eigenvalue weighted by Gasteiger charge is -2.01. The van der Waals surface area contributed by atoms with E-state index < -0.39 is 21.6 Å². The highest BCUT2D eigenvalue weighted by Gasteiger charge is 2.22. The third kappa shape index (κ3) is 3.79. The molecule has 2 aromatic rings. The van der Waals surface area contributed by atoms with Gasteiger partial charge in [-0.3, -0.25) is 0 Å². The molecule has 0 atom stereocenters. The number of sulfone groups is 1. The van der Waals surface area contributed by atoms with Crippen molar-refractivity contribution in [2.24, 2.45) is 0 Å². The smallest absolute Gasteiger partial charge is 0.397 e. The number of hydrogen-bond donors (Lipinski definition) is 0. The zero-order valence-electron chi connectivity index (χ0n) is 10.9. The second-order valence-electron chi connectivity index (χ2n) is 3.95. The van der Waals surface area contributed by atoms with E-state index in [0.717, 1.165) is 0 Å². The van der Waals surface area contributed by atoms with Crippen LogP contribution in [-0.4, -0.2) is 31.1 Å². The lowest BCUT2D eigenvalue weighted by molar-refractivity contribution is 0.0470. The molecule has 0 fully saturated rings. The van der Waals surface area contributed by atoms with Gasteiger partial charge in [-0.05, 0) is 31.2 Å². The Labute approximate surface area is 125 Å². The van der Waals surface area contributed by atoms with Crippen LogP contribution in [-0.2, 0) is 20.3 Å². The molecule has 1 heterocycles. The van der Waals surface area contributed by atoms with Gasteiger partial charge >= 0.3 is 11.9 Å². The molecule has 0 bridgehead atoms. The first kappa shape index (κ1) is 15.5. The highest BCUT2D eigenvalue weighted by Crippen LogP contribution is 2.18. The van der Waals surface area contributed by atoms with E-state index in [0.29, 0.717) is 5.02 Å². The number of ether oxygens (including phenoxy) is 1. The van der Waals surface area contributed by atoms with Crippen LogP contribution in [0.25, 0.3) is 0 Å². The molecule has 21 heavy (non-hydrogen) atoms. The molecule has 0 N–H and O–H groups in total. The maximum absolute atomic E-state index is 12.1. The van der Waals surface area contributed by atoms with Crippen molar-refractivity contribution in [3.05, 3.63) is 41.0 Å². The summed E-state index contributed by atoms with van der Waals surface area (Å²) in [4.78, 5) is 15.1. The van der Waals surface area contributed by atoms with Crippen LogP contribution in [0.5, 0.6) is 0 Å². The van der Waals surface area contributed by atoms with Crippen molar-refractivity contribution in [3.63, 3.8) is 0 Å². The first-order valence-electron chi connectivity index (χ1n) is 5.90. The largest absolute Gasteiger partial charge is 0.459 e. The monoisotopic (exact) mass is 330 g/mol. The summed E-state index contributed by atoms with van der Waals surface area (Å²) < 4.78 is 33.6. The Morgan fingerprint density at radius 3 is 2.62 bits per heavy atom. The zero-order chi connectivity index (χ0) is 15.5. The van der Waals surface area contributed by atoms with E-state index >= 15 is 0 Å². The highest BCUT2D eigenvalue weighted by atomic mass is 35.5. The Bertz CT molecular complexity index is 739. The van der Waals surface area contributed by atoms with Gasteiger partial charge in [-0.15, -0.1) is 0 Å². The van der Waals surface area contributed by atoms with Crippen molar-refractivity contribution in [1.29, 1.82) is 0 Å². The molecule has 112 valence electrons. The van der Waals surface area contributed by atoms with E-state index in [1.54, 1.807) is 6.92 Å². The minimum Gasteiger partial charge on any atom is -0.459 e. The number of rotatable bonds is 5. The van der Waals surface area contributed by atoms with Crippen LogP contribution in [0.15, 0.2) is 33.7 Å². The summed E-state index contributed by atoms with van der Waals surface area (Å²) in [5.41, 5.74) is 0. The number of benzene rings is 1. The van der Waals surface area contributed by atoms with Gasteiger partial charge in [0, 0.05) is 5.02 Å². The molecule has 0 aliphatic rings. The number of aromatic nitrogens is 2. The number of nitrogens with zero attached hydrogens (tertiary/aromatic N) is 2. The van der Waals surface area contributed by atoms with Crippen LogP contribution >= 0.6 is 11.6 Å². The molecule has 0 aliphatic carbocycles. The molecule has 0 saturated heterocycles. The topological polar surface area (TPSA) is 99.4 Å². The molecule has 0 amide bonds. The molecule has 0 saturated carbocycles. The second-order valence-corrected chi connectivity index (χ2v) is 6.38. The van der Waals surface area contributed by atoms with Crippen LogP contribution in [0, 0.1) is 0 Å². The Hall–Kier alpha value is -1.93. The van der Waals surface area contributed by atoms with Crippen LogP contribution in [0.4, 0.5) is 0 Å². The van der Waals surface area contributed by atoms with E-state index in [1.807, 2.05) is 0 Å². The van der Waals surface area contributed by atoms with Gasteiger partial charge in [-0.25, -0.2) is 13.2 Å². The Morgan fingerprint density at radius 2 is 2.00 bits per heavy atom. The molecule has 1 aromatic heterocycles. The minimum absolute atomic E-state index is 0.0781. The summed E-state index contributed by atoms with van der Waals surface area (Å²) >= 11 is 5.70. The third-order valence-corrected chi connectivity index (χ3v) is 4.29. The van der Waals surface area contributed by atoms with Gasteiger partial charge < -0.3 is 9.26 Å².